The second-order valence-electron chi connectivity index (χ2n) is 10.0. The first kappa shape index (κ1) is 22.1. The van der Waals surface area contributed by atoms with Crippen LogP contribution in [0.5, 0.6) is 0 Å². The second-order valence-corrected chi connectivity index (χ2v) is 10.4. The molecule has 4 aliphatic carbocycles. The van der Waals surface area contributed by atoms with Gasteiger partial charge in [-0.1, -0.05) is 37.6 Å². The molecule has 168 valence electrons. The molecule has 6 nitrogen and oxygen atoms in total. The topological polar surface area (TPSA) is 84.5 Å². The molecule has 1 unspecified atom stereocenters. The molecule has 0 saturated heterocycles. The maximum Gasteiger partial charge on any atom is 0.329 e. The van der Waals surface area contributed by atoms with Crippen LogP contribution in [0, 0.1) is 23.7 Å². The van der Waals surface area contributed by atoms with E-state index in [1.165, 1.54) is 19.3 Å². The lowest BCUT2D eigenvalue weighted by Crippen LogP contribution is -2.60. The lowest BCUT2D eigenvalue weighted by Gasteiger charge is -2.56. The molecule has 0 spiro atoms. The van der Waals surface area contributed by atoms with Gasteiger partial charge < -0.3 is 15.4 Å². The summed E-state index contributed by atoms with van der Waals surface area (Å²) in [5, 5.41) is 6.21. The predicted octanol–water partition coefficient (Wildman–Crippen LogP) is 3.72. The maximum absolute atomic E-state index is 12.7. The summed E-state index contributed by atoms with van der Waals surface area (Å²) < 4.78 is 5.31. The number of esters is 1. The van der Waals surface area contributed by atoms with Crippen LogP contribution in [0.2, 0.25) is 5.02 Å². The van der Waals surface area contributed by atoms with Gasteiger partial charge >= 0.3 is 5.97 Å². The lowest BCUT2D eigenvalue weighted by atomic mass is 9.53. The average molecular weight is 447 g/mol. The van der Waals surface area contributed by atoms with E-state index in [1.54, 1.807) is 24.3 Å². The fourth-order valence-electron chi connectivity index (χ4n) is 6.18. The molecule has 2 amide bonds. The Bertz CT molecular complexity index is 834. The van der Waals surface area contributed by atoms with Crippen molar-refractivity contribution >= 4 is 29.4 Å². The Hall–Kier alpha value is -2.08. The number of carbonyl (C=O) groups is 3. The first-order valence-corrected chi connectivity index (χ1v) is 11.7. The van der Waals surface area contributed by atoms with Gasteiger partial charge in [-0.3, -0.25) is 9.59 Å². The molecule has 1 atom stereocenters. The highest BCUT2D eigenvalue weighted by molar-refractivity contribution is 6.33. The van der Waals surface area contributed by atoms with Crippen molar-refractivity contribution < 1.29 is 19.1 Å². The van der Waals surface area contributed by atoms with Crippen LogP contribution in [0.1, 0.15) is 62.7 Å². The average Bonchev–Trinajstić information content (AvgIpc) is 2.68. The third-order valence-corrected chi connectivity index (χ3v) is 7.44. The Morgan fingerprint density at radius 1 is 1.06 bits per heavy atom. The molecule has 4 fully saturated rings. The Morgan fingerprint density at radius 2 is 1.65 bits per heavy atom. The fraction of sp³-hybridized carbons (Fsp3) is 0.625. The summed E-state index contributed by atoms with van der Waals surface area (Å²) in [7, 11) is 0. The van der Waals surface area contributed by atoms with Gasteiger partial charge in [-0.2, -0.15) is 0 Å². The van der Waals surface area contributed by atoms with Crippen LogP contribution in [0.25, 0.3) is 0 Å². The smallest absolute Gasteiger partial charge is 0.329 e. The van der Waals surface area contributed by atoms with Crippen LogP contribution in [0.3, 0.4) is 0 Å². The predicted molar refractivity (Wildman–Crippen MR) is 118 cm³/mol. The molecule has 2 N–H and O–H groups in total. The Labute approximate surface area is 188 Å². The van der Waals surface area contributed by atoms with Gasteiger partial charge in [0, 0.05) is 5.54 Å². The summed E-state index contributed by atoms with van der Waals surface area (Å²) in [6.07, 6.45) is 7.02. The molecule has 4 saturated carbocycles. The van der Waals surface area contributed by atoms with E-state index in [1.807, 2.05) is 13.8 Å². The fourth-order valence-corrected chi connectivity index (χ4v) is 6.41. The van der Waals surface area contributed by atoms with Gasteiger partial charge in [0.05, 0.1) is 10.6 Å². The van der Waals surface area contributed by atoms with Crippen LogP contribution in [-0.2, 0) is 14.3 Å². The summed E-state index contributed by atoms with van der Waals surface area (Å²) >= 11 is 6.08. The lowest BCUT2D eigenvalue weighted by molar-refractivity contribution is -0.152. The molecule has 0 aliphatic heterocycles. The molecule has 31 heavy (non-hydrogen) atoms. The molecule has 5 rings (SSSR count). The summed E-state index contributed by atoms with van der Waals surface area (Å²) in [4.78, 5) is 37.8. The van der Waals surface area contributed by atoms with Gasteiger partial charge in [0.1, 0.15) is 6.04 Å². The van der Waals surface area contributed by atoms with E-state index in [0.29, 0.717) is 10.6 Å². The van der Waals surface area contributed by atoms with Gasteiger partial charge in [0.2, 0.25) is 0 Å². The van der Waals surface area contributed by atoms with Crippen molar-refractivity contribution in [2.45, 2.75) is 64.0 Å². The van der Waals surface area contributed by atoms with Gasteiger partial charge in [-0.05, 0) is 74.3 Å². The van der Waals surface area contributed by atoms with Crippen LogP contribution < -0.4 is 10.6 Å². The summed E-state index contributed by atoms with van der Waals surface area (Å²) in [5.74, 6) is 0.647. The first-order chi connectivity index (χ1) is 14.7. The molecular weight excluding hydrogens is 416 g/mol. The SMILES string of the molecule is CC(C)C(NC(=O)c1ccccc1Cl)C(=O)OCC(=O)NC12CC3CC(CC(C3)C1)C2. The van der Waals surface area contributed by atoms with E-state index in [4.69, 9.17) is 16.3 Å². The minimum atomic E-state index is -0.865. The standard InChI is InChI=1S/C24H31ClN2O4/c1-14(2)21(26-22(29)18-5-3-4-6-19(18)25)23(30)31-13-20(28)27-24-10-15-7-16(11-24)9-17(8-15)12-24/h3-6,14-17,21H,7-13H2,1-2H3,(H,26,29)(H,27,28). The van der Waals surface area contributed by atoms with Crippen LogP contribution in [0.15, 0.2) is 24.3 Å². The highest BCUT2D eigenvalue weighted by atomic mass is 35.5. The third kappa shape index (κ3) is 4.89. The number of hydrogen-bond donors (Lipinski definition) is 2. The Balaban J connectivity index is 1.31. The number of nitrogens with one attached hydrogen (secondary N) is 2. The van der Waals surface area contributed by atoms with Crippen molar-refractivity contribution in [1.29, 1.82) is 0 Å². The largest absolute Gasteiger partial charge is 0.454 e. The van der Waals surface area contributed by atoms with Gasteiger partial charge in [0.25, 0.3) is 11.8 Å². The second kappa shape index (κ2) is 8.81. The summed E-state index contributed by atoms with van der Waals surface area (Å²) in [5.41, 5.74) is 0.177. The van der Waals surface area contributed by atoms with E-state index < -0.39 is 17.9 Å². The zero-order chi connectivity index (χ0) is 22.2. The van der Waals surface area contributed by atoms with Gasteiger partial charge in [-0.25, -0.2) is 4.79 Å². The van der Waals surface area contributed by atoms with Crippen molar-refractivity contribution in [3.8, 4) is 0 Å². The number of hydrogen-bond acceptors (Lipinski definition) is 4. The van der Waals surface area contributed by atoms with Crippen LogP contribution in [0.4, 0.5) is 0 Å². The number of halogens is 1. The number of rotatable bonds is 7. The minimum Gasteiger partial charge on any atom is -0.454 e. The van der Waals surface area contributed by atoms with Crippen molar-refractivity contribution in [3.63, 3.8) is 0 Å². The molecule has 4 bridgehead atoms. The number of benzene rings is 1. The van der Waals surface area contributed by atoms with Crippen LogP contribution in [-0.4, -0.2) is 36.0 Å². The molecule has 4 aliphatic rings. The number of carbonyl (C=O) groups excluding carboxylic acids is 3. The molecule has 1 aromatic rings. The summed E-state index contributed by atoms with van der Waals surface area (Å²) in [6.45, 7) is 3.30. The molecule has 1 aromatic carbocycles. The van der Waals surface area contributed by atoms with Crippen molar-refractivity contribution in [1.82, 2.24) is 10.6 Å². The third-order valence-electron chi connectivity index (χ3n) is 7.11. The van der Waals surface area contributed by atoms with Crippen molar-refractivity contribution in [2.75, 3.05) is 6.61 Å². The molecular formula is C24H31ClN2O4. The highest BCUT2D eigenvalue weighted by Crippen LogP contribution is 2.55. The zero-order valence-electron chi connectivity index (χ0n) is 18.2. The van der Waals surface area contributed by atoms with E-state index in [9.17, 15) is 14.4 Å². The van der Waals surface area contributed by atoms with E-state index in [0.717, 1.165) is 37.0 Å². The number of ether oxygens (including phenoxy) is 1. The van der Waals surface area contributed by atoms with Gasteiger partial charge in [0.15, 0.2) is 6.61 Å². The maximum atomic E-state index is 12.7. The van der Waals surface area contributed by atoms with Gasteiger partial charge in [-0.15, -0.1) is 0 Å². The highest BCUT2D eigenvalue weighted by Gasteiger charge is 2.51. The number of amides is 2. The molecule has 0 aromatic heterocycles. The Kier molecular flexibility index (Phi) is 6.29. The molecule has 7 heteroatoms. The van der Waals surface area contributed by atoms with Crippen LogP contribution >= 0.6 is 11.6 Å². The molecule has 0 heterocycles. The Morgan fingerprint density at radius 3 is 2.19 bits per heavy atom. The monoisotopic (exact) mass is 446 g/mol. The molecule has 0 radical (unpaired) electrons. The van der Waals surface area contributed by atoms with Crippen molar-refractivity contribution in [3.05, 3.63) is 34.9 Å². The van der Waals surface area contributed by atoms with Crippen molar-refractivity contribution in [2.24, 2.45) is 23.7 Å². The van der Waals surface area contributed by atoms with E-state index in [2.05, 4.69) is 10.6 Å². The van der Waals surface area contributed by atoms with E-state index in [-0.39, 0.29) is 24.0 Å². The first-order valence-electron chi connectivity index (χ1n) is 11.3. The quantitative estimate of drug-likeness (QED) is 0.625. The summed E-state index contributed by atoms with van der Waals surface area (Å²) in [6, 6.07) is 5.79. The van der Waals surface area contributed by atoms with E-state index >= 15 is 0 Å². The normalized spacial score (nSPS) is 29.5. The zero-order valence-corrected chi connectivity index (χ0v) is 18.9. The minimum absolute atomic E-state index is 0.117.